The molecular weight excluding hydrogens is 422 g/mol. The maximum atomic E-state index is 13.2. The molecule has 1 saturated carbocycles. The Kier molecular flexibility index (Phi) is 6.69. The summed E-state index contributed by atoms with van der Waals surface area (Å²) in [5.74, 6) is 2.20. The topological polar surface area (TPSA) is 63.5 Å². The summed E-state index contributed by atoms with van der Waals surface area (Å²) in [5.41, 5.74) is 2.24. The molecule has 5 rings (SSSR count). The fraction of sp³-hybridized carbons (Fsp3) is 0.625. The minimum Gasteiger partial charge on any atom is -0.378 e. The van der Waals surface area contributed by atoms with Crippen molar-refractivity contribution in [2.24, 2.45) is 5.92 Å². The van der Waals surface area contributed by atoms with Gasteiger partial charge in [0.15, 0.2) is 5.16 Å². The highest BCUT2D eigenvalue weighted by Gasteiger charge is 2.35. The number of benzene rings is 1. The lowest BCUT2D eigenvalue weighted by atomic mass is 9.78. The Morgan fingerprint density at radius 3 is 2.59 bits per heavy atom. The van der Waals surface area contributed by atoms with Crippen LogP contribution in [0.25, 0.3) is 5.69 Å². The van der Waals surface area contributed by atoms with Gasteiger partial charge in [-0.3, -0.25) is 9.36 Å². The van der Waals surface area contributed by atoms with E-state index >= 15 is 0 Å². The van der Waals surface area contributed by atoms with Crippen molar-refractivity contribution in [2.75, 3.05) is 43.5 Å². The Balaban J connectivity index is 1.35. The first kappa shape index (κ1) is 21.8. The van der Waals surface area contributed by atoms with Crippen LogP contribution >= 0.6 is 11.8 Å². The number of nitrogens with zero attached hydrogens (tertiary/aromatic N) is 5. The molecule has 0 bridgehead atoms. The van der Waals surface area contributed by atoms with Crippen LogP contribution in [0.5, 0.6) is 0 Å². The second-order valence-corrected chi connectivity index (χ2v) is 10.1. The number of amides is 1. The van der Waals surface area contributed by atoms with E-state index in [-0.39, 0.29) is 5.91 Å². The summed E-state index contributed by atoms with van der Waals surface area (Å²) in [6, 6.07) is 8.87. The van der Waals surface area contributed by atoms with Gasteiger partial charge in [-0.2, -0.15) is 0 Å². The minimum absolute atomic E-state index is 0.248. The van der Waals surface area contributed by atoms with Crippen molar-refractivity contribution >= 4 is 23.6 Å². The molecule has 3 aliphatic rings. The van der Waals surface area contributed by atoms with E-state index in [4.69, 9.17) is 4.74 Å². The number of hydrogen-bond acceptors (Lipinski definition) is 6. The summed E-state index contributed by atoms with van der Waals surface area (Å²) >= 11 is 1.51. The number of carbonyl (C=O) groups is 1. The molecule has 3 heterocycles. The molecule has 1 amide bonds. The van der Waals surface area contributed by atoms with Gasteiger partial charge in [-0.1, -0.05) is 42.3 Å². The van der Waals surface area contributed by atoms with Gasteiger partial charge in [0.1, 0.15) is 0 Å². The van der Waals surface area contributed by atoms with Crippen LogP contribution in [0.4, 0.5) is 5.95 Å². The largest absolute Gasteiger partial charge is 0.378 e. The van der Waals surface area contributed by atoms with Crippen LogP contribution < -0.4 is 4.90 Å². The quantitative estimate of drug-likeness (QED) is 0.641. The van der Waals surface area contributed by atoms with E-state index in [1.165, 1.54) is 49.4 Å². The molecule has 172 valence electrons. The number of morpholine rings is 1. The predicted octanol–water partition coefficient (Wildman–Crippen LogP) is 3.69. The molecule has 1 aromatic carbocycles. The van der Waals surface area contributed by atoms with Crippen molar-refractivity contribution in [1.82, 2.24) is 19.7 Å². The summed E-state index contributed by atoms with van der Waals surface area (Å²) in [6.07, 6.45) is 7.45. The smallest absolute Gasteiger partial charge is 0.233 e. The summed E-state index contributed by atoms with van der Waals surface area (Å²) in [6.45, 7) is 5.97. The molecule has 7 nitrogen and oxygen atoms in total. The van der Waals surface area contributed by atoms with E-state index < -0.39 is 0 Å². The number of thioether (sulfide) groups is 1. The molecule has 0 N–H and O–H groups in total. The van der Waals surface area contributed by atoms with Gasteiger partial charge in [0.25, 0.3) is 0 Å². The highest BCUT2D eigenvalue weighted by Crippen LogP contribution is 2.36. The molecule has 3 fully saturated rings. The zero-order valence-corrected chi connectivity index (χ0v) is 19.7. The molecule has 1 aliphatic carbocycles. The molecule has 0 unspecified atom stereocenters. The molecule has 2 aliphatic heterocycles. The highest BCUT2D eigenvalue weighted by molar-refractivity contribution is 7.99. The zero-order chi connectivity index (χ0) is 21.9. The normalized spacial score (nSPS) is 23.8. The van der Waals surface area contributed by atoms with Gasteiger partial charge in [0.2, 0.25) is 11.9 Å². The van der Waals surface area contributed by atoms with E-state index in [0.717, 1.165) is 42.8 Å². The highest BCUT2D eigenvalue weighted by atomic mass is 32.2. The second-order valence-electron chi connectivity index (χ2n) is 9.18. The first-order chi connectivity index (χ1) is 15.7. The predicted molar refractivity (Wildman–Crippen MR) is 127 cm³/mol. The number of rotatable bonds is 5. The van der Waals surface area contributed by atoms with E-state index in [2.05, 4.69) is 55.8 Å². The van der Waals surface area contributed by atoms with Crippen molar-refractivity contribution in [3.05, 3.63) is 29.8 Å². The minimum atomic E-state index is 0.248. The number of piperidine rings is 1. The lowest BCUT2D eigenvalue weighted by Gasteiger charge is -2.44. The Morgan fingerprint density at radius 2 is 1.78 bits per heavy atom. The molecule has 2 atom stereocenters. The van der Waals surface area contributed by atoms with Crippen molar-refractivity contribution in [2.45, 2.75) is 56.6 Å². The van der Waals surface area contributed by atoms with Crippen molar-refractivity contribution in [1.29, 1.82) is 0 Å². The van der Waals surface area contributed by atoms with Crippen LogP contribution in [0.1, 0.15) is 44.1 Å². The molecule has 32 heavy (non-hydrogen) atoms. The van der Waals surface area contributed by atoms with Gasteiger partial charge in [0.05, 0.1) is 24.7 Å². The number of ether oxygens (including phenoxy) is 1. The maximum absolute atomic E-state index is 13.2. The number of fused-ring (bicyclic) bond motifs is 1. The molecule has 0 spiro atoms. The van der Waals surface area contributed by atoms with E-state index in [1.54, 1.807) is 0 Å². The van der Waals surface area contributed by atoms with Gasteiger partial charge in [-0.15, -0.1) is 10.2 Å². The van der Waals surface area contributed by atoms with Crippen LogP contribution in [0.2, 0.25) is 0 Å². The molecule has 2 saturated heterocycles. The molecule has 8 heteroatoms. The molecule has 1 aromatic heterocycles. The third kappa shape index (κ3) is 4.53. The number of likely N-dealkylation sites (tertiary alicyclic amines) is 1. The Labute approximate surface area is 194 Å². The number of aromatic nitrogens is 3. The SMILES string of the molecule is Cc1ccc(-n2c(SCC(=O)N3CCC[C@@H]4CCCC[C@@H]43)nnc2N2CCOCC2)cc1. The van der Waals surface area contributed by atoms with Crippen LogP contribution in [-0.4, -0.2) is 70.2 Å². The first-order valence-electron chi connectivity index (χ1n) is 12.0. The average molecular weight is 456 g/mol. The van der Waals surface area contributed by atoms with Gasteiger partial charge < -0.3 is 14.5 Å². The molecule has 2 aromatic rings. The first-order valence-corrected chi connectivity index (χ1v) is 13.0. The number of carbonyl (C=O) groups excluding carboxylic acids is 1. The van der Waals surface area contributed by atoms with E-state index in [9.17, 15) is 4.79 Å². The third-order valence-corrected chi connectivity index (χ3v) is 8.00. The van der Waals surface area contributed by atoms with Gasteiger partial charge in [-0.05, 0) is 50.7 Å². The maximum Gasteiger partial charge on any atom is 0.233 e. The lowest BCUT2D eigenvalue weighted by Crippen LogP contribution is -2.50. The Hall–Kier alpha value is -2.06. The Morgan fingerprint density at radius 1 is 1.03 bits per heavy atom. The molecular formula is C24H33N5O2S. The fourth-order valence-corrected chi connectivity index (χ4v) is 6.22. The van der Waals surface area contributed by atoms with Gasteiger partial charge >= 0.3 is 0 Å². The van der Waals surface area contributed by atoms with Crippen LogP contribution in [0.3, 0.4) is 0 Å². The molecule has 0 radical (unpaired) electrons. The van der Waals surface area contributed by atoms with Gasteiger partial charge in [0, 0.05) is 25.7 Å². The van der Waals surface area contributed by atoms with Crippen LogP contribution in [-0.2, 0) is 9.53 Å². The number of anilines is 1. The standard InChI is InChI=1S/C24H33N5O2S/c1-18-8-10-20(11-9-18)29-23(27-13-15-31-16-14-27)25-26-24(29)32-17-22(30)28-12-4-6-19-5-2-3-7-21(19)28/h8-11,19,21H,2-7,12-17H2,1H3/t19-,21-/m0/s1. The summed E-state index contributed by atoms with van der Waals surface area (Å²) < 4.78 is 7.62. The van der Waals surface area contributed by atoms with E-state index in [1.807, 2.05) is 0 Å². The van der Waals surface area contributed by atoms with Crippen LogP contribution in [0.15, 0.2) is 29.4 Å². The third-order valence-electron chi connectivity index (χ3n) is 7.09. The van der Waals surface area contributed by atoms with Gasteiger partial charge in [-0.25, -0.2) is 0 Å². The summed E-state index contributed by atoms with van der Waals surface area (Å²) in [5, 5.41) is 9.82. The number of hydrogen-bond donors (Lipinski definition) is 0. The Bertz CT molecular complexity index is 923. The summed E-state index contributed by atoms with van der Waals surface area (Å²) in [4.78, 5) is 17.6. The van der Waals surface area contributed by atoms with Crippen LogP contribution in [0, 0.1) is 12.8 Å². The van der Waals surface area contributed by atoms with Crippen molar-refractivity contribution in [3.8, 4) is 5.69 Å². The van der Waals surface area contributed by atoms with Crippen molar-refractivity contribution < 1.29 is 9.53 Å². The monoisotopic (exact) mass is 455 g/mol. The zero-order valence-electron chi connectivity index (χ0n) is 18.9. The number of aryl methyl sites for hydroxylation is 1. The average Bonchev–Trinajstić information content (AvgIpc) is 3.27. The fourth-order valence-electron chi connectivity index (χ4n) is 5.39. The van der Waals surface area contributed by atoms with E-state index in [0.29, 0.717) is 30.9 Å². The van der Waals surface area contributed by atoms with Crippen molar-refractivity contribution in [3.63, 3.8) is 0 Å². The lowest BCUT2D eigenvalue weighted by molar-refractivity contribution is -0.134. The summed E-state index contributed by atoms with van der Waals surface area (Å²) in [7, 11) is 0. The second kappa shape index (κ2) is 9.83.